The molecule has 0 bridgehead atoms. The highest BCUT2D eigenvalue weighted by Gasteiger charge is 2.31. The van der Waals surface area contributed by atoms with E-state index in [0.717, 1.165) is 43.6 Å². The quantitative estimate of drug-likeness (QED) is 0.763. The minimum atomic E-state index is -0.0496. The number of amides is 1. The molecule has 1 atom stereocenters. The molecular weight excluding hydrogens is 236 g/mol. The first-order valence-electron chi connectivity index (χ1n) is 7.26. The van der Waals surface area contributed by atoms with Crippen molar-refractivity contribution < 1.29 is 4.79 Å². The molecule has 0 saturated carbocycles. The fraction of sp³-hybridized carbons (Fsp3) is 0.562. The lowest BCUT2D eigenvalue weighted by Gasteiger charge is -2.38. The third-order valence-electron chi connectivity index (χ3n) is 3.37. The summed E-state index contributed by atoms with van der Waals surface area (Å²) in [6.45, 7) is 11.0. The van der Waals surface area contributed by atoms with E-state index in [0.29, 0.717) is 0 Å². The Labute approximate surface area is 117 Å². The van der Waals surface area contributed by atoms with Crippen molar-refractivity contribution in [3.63, 3.8) is 0 Å². The second kappa shape index (κ2) is 7.82. The van der Waals surface area contributed by atoms with Crippen LogP contribution in [0.4, 0.5) is 0 Å². The van der Waals surface area contributed by atoms with Gasteiger partial charge in [0.1, 0.15) is 6.04 Å². The van der Waals surface area contributed by atoms with Crippen LogP contribution in [-0.2, 0) is 4.79 Å². The van der Waals surface area contributed by atoms with Crippen molar-refractivity contribution in [1.29, 1.82) is 0 Å². The molecule has 1 rings (SSSR count). The van der Waals surface area contributed by atoms with Gasteiger partial charge < -0.3 is 10.2 Å². The monoisotopic (exact) mass is 262 g/mol. The first-order chi connectivity index (χ1) is 9.19. The number of carbonyl (C=O) groups excluding carboxylic acids is 1. The Morgan fingerprint density at radius 1 is 1.37 bits per heavy atom. The van der Waals surface area contributed by atoms with Crippen LogP contribution in [0.1, 0.15) is 46.5 Å². The Hall–Kier alpha value is -1.51. The van der Waals surface area contributed by atoms with Crippen LogP contribution in [0.15, 0.2) is 36.2 Å². The summed E-state index contributed by atoms with van der Waals surface area (Å²) < 4.78 is 0. The van der Waals surface area contributed by atoms with Crippen molar-refractivity contribution in [2.45, 2.75) is 52.5 Å². The van der Waals surface area contributed by atoms with Crippen LogP contribution in [0.3, 0.4) is 0 Å². The van der Waals surface area contributed by atoms with E-state index in [9.17, 15) is 4.79 Å². The summed E-state index contributed by atoms with van der Waals surface area (Å²) in [6.07, 6.45) is 9.93. The summed E-state index contributed by atoms with van der Waals surface area (Å²) in [6, 6.07) is -0.0496. The topological polar surface area (TPSA) is 32.3 Å². The van der Waals surface area contributed by atoms with E-state index in [-0.39, 0.29) is 11.9 Å². The van der Waals surface area contributed by atoms with Gasteiger partial charge in [-0.15, -0.1) is 0 Å². The van der Waals surface area contributed by atoms with Gasteiger partial charge in [0.15, 0.2) is 0 Å². The Kier molecular flexibility index (Phi) is 6.40. The SMILES string of the molecule is C=CC1=C(/C=C\C)N(CCCC)C(CCC)C(=O)N1. The smallest absolute Gasteiger partial charge is 0.247 e. The van der Waals surface area contributed by atoms with Crippen LogP contribution in [-0.4, -0.2) is 23.4 Å². The van der Waals surface area contributed by atoms with Gasteiger partial charge in [-0.2, -0.15) is 0 Å². The lowest BCUT2D eigenvalue weighted by atomic mass is 10.0. The maximum absolute atomic E-state index is 12.2. The summed E-state index contributed by atoms with van der Waals surface area (Å²) in [4.78, 5) is 14.5. The third kappa shape index (κ3) is 3.72. The largest absolute Gasteiger partial charge is 0.358 e. The molecule has 1 unspecified atom stereocenters. The second-order valence-electron chi connectivity index (χ2n) is 4.84. The van der Waals surface area contributed by atoms with Gasteiger partial charge in [0.2, 0.25) is 5.91 Å². The number of hydrogen-bond donors (Lipinski definition) is 1. The molecule has 0 aromatic carbocycles. The number of nitrogens with zero attached hydrogens (tertiary/aromatic N) is 1. The van der Waals surface area contributed by atoms with Crippen molar-refractivity contribution in [1.82, 2.24) is 10.2 Å². The number of nitrogens with one attached hydrogen (secondary N) is 1. The lowest BCUT2D eigenvalue weighted by Crippen LogP contribution is -2.51. The van der Waals surface area contributed by atoms with Crippen LogP contribution in [0.5, 0.6) is 0 Å². The van der Waals surface area contributed by atoms with E-state index in [1.165, 1.54) is 0 Å². The van der Waals surface area contributed by atoms with Crippen molar-refractivity contribution in [3.05, 3.63) is 36.2 Å². The molecule has 1 heterocycles. The van der Waals surface area contributed by atoms with Crippen LogP contribution in [0.25, 0.3) is 0 Å². The molecule has 0 aromatic heterocycles. The molecule has 1 amide bonds. The molecule has 3 nitrogen and oxygen atoms in total. The van der Waals surface area contributed by atoms with E-state index in [1.807, 2.05) is 13.0 Å². The molecule has 19 heavy (non-hydrogen) atoms. The average Bonchev–Trinajstić information content (AvgIpc) is 2.41. The minimum Gasteiger partial charge on any atom is -0.358 e. The van der Waals surface area contributed by atoms with Gasteiger partial charge in [0.25, 0.3) is 0 Å². The zero-order valence-electron chi connectivity index (χ0n) is 12.4. The molecule has 1 aliphatic rings. The van der Waals surface area contributed by atoms with Gasteiger partial charge in [-0.05, 0) is 31.9 Å². The molecule has 106 valence electrons. The molecule has 0 fully saturated rings. The highest BCUT2D eigenvalue weighted by Crippen LogP contribution is 2.24. The fourth-order valence-electron chi connectivity index (χ4n) is 2.41. The summed E-state index contributed by atoms with van der Waals surface area (Å²) in [5, 5.41) is 2.97. The van der Waals surface area contributed by atoms with E-state index in [2.05, 4.69) is 36.7 Å². The molecular formula is C16H26N2O. The predicted octanol–water partition coefficient (Wildman–Crippen LogP) is 3.36. The summed E-state index contributed by atoms with van der Waals surface area (Å²) in [5.41, 5.74) is 1.91. The van der Waals surface area contributed by atoms with Gasteiger partial charge in [-0.25, -0.2) is 0 Å². The number of unbranched alkanes of at least 4 members (excludes halogenated alkanes) is 1. The van der Waals surface area contributed by atoms with E-state index in [4.69, 9.17) is 0 Å². The van der Waals surface area contributed by atoms with Gasteiger partial charge in [-0.1, -0.05) is 39.3 Å². The minimum absolute atomic E-state index is 0.0496. The highest BCUT2D eigenvalue weighted by atomic mass is 16.2. The molecule has 3 heteroatoms. The van der Waals surface area contributed by atoms with E-state index < -0.39 is 0 Å². The molecule has 1 aliphatic heterocycles. The van der Waals surface area contributed by atoms with Crippen LogP contribution in [0, 0.1) is 0 Å². The zero-order valence-corrected chi connectivity index (χ0v) is 12.4. The molecule has 0 saturated heterocycles. The first-order valence-corrected chi connectivity index (χ1v) is 7.26. The lowest BCUT2D eigenvalue weighted by molar-refractivity contribution is -0.126. The van der Waals surface area contributed by atoms with Crippen LogP contribution < -0.4 is 5.32 Å². The van der Waals surface area contributed by atoms with Crippen molar-refractivity contribution in [3.8, 4) is 0 Å². The summed E-state index contributed by atoms with van der Waals surface area (Å²) >= 11 is 0. The molecule has 0 radical (unpaired) electrons. The summed E-state index contributed by atoms with van der Waals surface area (Å²) in [7, 11) is 0. The maximum Gasteiger partial charge on any atom is 0.247 e. The van der Waals surface area contributed by atoms with Gasteiger partial charge >= 0.3 is 0 Å². The Balaban J connectivity index is 3.12. The van der Waals surface area contributed by atoms with Gasteiger partial charge in [-0.3, -0.25) is 4.79 Å². The zero-order chi connectivity index (χ0) is 14.3. The maximum atomic E-state index is 12.2. The van der Waals surface area contributed by atoms with E-state index in [1.54, 1.807) is 6.08 Å². The van der Waals surface area contributed by atoms with E-state index >= 15 is 0 Å². The molecule has 1 N–H and O–H groups in total. The second-order valence-corrected chi connectivity index (χ2v) is 4.84. The average molecular weight is 262 g/mol. The van der Waals surface area contributed by atoms with Crippen molar-refractivity contribution in [2.24, 2.45) is 0 Å². The van der Waals surface area contributed by atoms with Gasteiger partial charge in [0.05, 0.1) is 11.4 Å². The predicted molar refractivity (Wildman–Crippen MR) is 80.5 cm³/mol. The normalized spacial score (nSPS) is 20.1. The number of hydrogen-bond acceptors (Lipinski definition) is 2. The van der Waals surface area contributed by atoms with Gasteiger partial charge in [0, 0.05) is 6.54 Å². The number of rotatable bonds is 7. The Morgan fingerprint density at radius 2 is 2.11 bits per heavy atom. The van der Waals surface area contributed by atoms with Crippen molar-refractivity contribution in [2.75, 3.05) is 6.54 Å². The molecule has 0 spiro atoms. The van der Waals surface area contributed by atoms with Crippen LogP contribution in [0.2, 0.25) is 0 Å². The highest BCUT2D eigenvalue weighted by molar-refractivity contribution is 5.85. The van der Waals surface area contributed by atoms with Crippen molar-refractivity contribution >= 4 is 5.91 Å². The standard InChI is InChI=1S/C16H26N2O/c1-5-9-12-18-14(10-6-2)13(8-4)17-16(19)15(18)11-7-3/h6,8,10,15H,4-5,7,9,11-12H2,1-3H3,(H,17,19)/b10-6-. The number of allylic oxidation sites excluding steroid dienone is 3. The number of carbonyl (C=O) groups is 1. The Bertz CT molecular complexity index is 382. The molecule has 0 aromatic rings. The fourth-order valence-corrected chi connectivity index (χ4v) is 2.41. The third-order valence-corrected chi connectivity index (χ3v) is 3.37. The van der Waals surface area contributed by atoms with Crippen LogP contribution >= 0.6 is 0 Å². The summed E-state index contributed by atoms with van der Waals surface area (Å²) in [5.74, 6) is 0.0982. The molecule has 0 aliphatic carbocycles. The first kappa shape index (κ1) is 15.5. The Morgan fingerprint density at radius 3 is 2.63 bits per heavy atom.